The van der Waals surface area contributed by atoms with E-state index in [2.05, 4.69) is 16.9 Å². The van der Waals surface area contributed by atoms with Crippen LogP contribution in [0.4, 0.5) is 4.79 Å². The van der Waals surface area contributed by atoms with Crippen LogP contribution >= 0.6 is 11.8 Å². The third kappa shape index (κ3) is 3.78. The van der Waals surface area contributed by atoms with Gasteiger partial charge in [-0.15, -0.1) is 0 Å². The summed E-state index contributed by atoms with van der Waals surface area (Å²) in [6.07, 6.45) is 7.90. The molecule has 2 bridgehead atoms. The molecule has 0 radical (unpaired) electrons. The first-order valence-electron chi connectivity index (χ1n) is 7.40. The zero-order valence-corrected chi connectivity index (χ0v) is 12.5. The highest BCUT2D eigenvalue weighted by Crippen LogP contribution is 2.48. The maximum absolute atomic E-state index is 11.9. The zero-order chi connectivity index (χ0) is 13.7. The van der Waals surface area contributed by atoms with Gasteiger partial charge in [-0.3, -0.25) is 0 Å². The maximum Gasteiger partial charge on any atom is 0.315 e. The van der Waals surface area contributed by atoms with E-state index in [4.69, 9.17) is 0 Å². The third-order valence-corrected chi connectivity index (χ3v) is 5.35. The lowest BCUT2D eigenvalue weighted by Crippen LogP contribution is -2.49. The average molecular weight is 286 g/mol. The highest BCUT2D eigenvalue weighted by molar-refractivity contribution is 7.98. The van der Waals surface area contributed by atoms with Crippen molar-refractivity contribution in [2.45, 2.75) is 38.1 Å². The van der Waals surface area contributed by atoms with Crippen molar-refractivity contribution in [2.24, 2.45) is 17.8 Å². The van der Waals surface area contributed by atoms with Gasteiger partial charge in [0, 0.05) is 25.1 Å². The first kappa shape index (κ1) is 15.0. The van der Waals surface area contributed by atoms with Crippen molar-refractivity contribution in [1.29, 1.82) is 0 Å². The summed E-state index contributed by atoms with van der Waals surface area (Å²) in [7, 11) is 0. The van der Waals surface area contributed by atoms with E-state index in [1.807, 2.05) is 11.8 Å². The van der Waals surface area contributed by atoms with Crippen molar-refractivity contribution in [1.82, 2.24) is 10.6 Å². The Morgan fingerprint density at radius 2 is 2.11 bits per heavy atom. The zero-order valence-electron chi connectivity index (χ0n) is 11.7. The minimum Gasteiger partial charge on any atom is -0.396 e. The fourth-order valence-corrected chi connectivity index (χ4v) is 4.17. The minimum atomic E-state index is -0.0554. The quantitative estimate of drug-likeness (QED) is 0.626. The van der Waals surface area contributed by atoms with Crippen LogP contribution in [0.25, 0.3) is 0 Å². The van der Waals surface area contributed by atoms with Crippen LogP contribution in [0.3, 0.4) is 0 Å². The number of amides is 2. The Morgan fingerprint density at radius 1 is 1.32 bits per heavy atom. The lowest BCUT2D eigenvalue weighted by molar-refractivity contribution is 0.144. The Morgan fingerprint density at radius 3 is 2.84 bits per heavy atom. The lowest BCUT2D eigenvalue weighted by atomic mass is 9.85. The highest BCUT2D eigenvalue weighted by Gasteiger charge is 2.47. The van der Waals surface area contributed by atoms with Gasteiger partial charge in [0.15, 0.2) is 0 Å². The molecular weight excluding hydrogens is 260 g/mol. The second-order valence-corrected chi connectivity index (χ2v) is 6.79. The molecule has 0 aromatic carbocycles. The molecule has 0 aromatic heterocycles. The van der Waals surface area contributed by atoms with Crippen LogP contribution in [0, 0.1) is 17.8 Å². The molecule has 2 aliphatic rings. The Bertz CT molecular complexity index is 301. The van der Waals surface area contributed by atoms with Crippen LogP contribution in [-0.4, -0.2) is 42.3 Å². The van der Waals surface area contributed by atoms with Gasteiger partial charge in [-0.25, -0.2) is 4.79 Å². The fraction of sp³-hybridized carbons (Fsp3) is 0.929. The molecule has 3 N–H and O–H groups in total. The molecule has 19 heavy (non-hydrogen) atoms. The SMILES string of the molecule is CSCCCCNC(=O)NC1C2CCC(C2)C1CO. The Hall–Kier alpha value is -0.420. The van der Waals surface area contributed by atoms with E-state index in [0.717, 1.165) is 25.1 Å². The third-order valence-electron chi connectivity index (χ3n) is 4.66. The van der Waals surface area contributed by atoms with E-state index < -0.39 is 0 Å². The molecule has 2 fully saturated rings. The van der Waals surface area contributed by atoms with Gasteiger partial charge in [0.25, 0.3) is 0 Å². The van der Waals surface area contributed by atoms with E-state index in [1.165, 1.54) is 19.3 Å². The van der Waals surface area contributed by atoms with Gasteiger partial charge in [-0.2, -0.15) is 11.8 Å². The van der Waals surface area contributed by atoms with Crippen LogP contribution in [0.1, 0.15) is 32.1 Å². The Kier molecular flexibility index (Phi) is 5.82. The molecule has 2 amide bonds. The molecule has 4 unspecified atom stereocenters. The summed E-state index contributed by atoms with van der Waals surface area (Å²) in [6.45, 7) is 0.955. The van der Waals surface area contributed by atoms with Crippen molar-refractivity contribution in [3.8, 4) is 0 Å². The van der Waals surface area contributed by atoms with E-state index in [9.17, 15) is 9.90 Å². The van der Waals surface area contributed by atoms with Crippen LogP contribution in [0.2, 0.25) is 0 Å². The number of fused-ring (bicyclic) bond motifs is 2. The van der Waals surface area contributed by atoms with Gasteiger partial charge in [0.2, 0.25) is 0 Å². The summed E-state index contributed by atoms with van der Waals surface area (Å²) < 4.78 is 0. The first-order valence-corrected chi connectivity index (χ1v) is 8.79. The molecule has 2 aliphatic carbocycles. The number of urea groups is 1. The van der Waals surface area contributed by atoms with Gasteiger partial charge in [-0.05, 0) is 55.9 Å². The summed E-state index contributed by atoms with van der Waals surface area (Å²) in [5.41, 5.74) is 0. The Labute approximate surface area is 120 Å². The minimum absolute atomic E-state index is 0.0554. The van der Waals surface area contributed by atoms with Crippen LogP contribution in [0.5, 0.6) is 0 Å². The molecule has 2 rings (SSSR count). The van der Waals surface area contributed by atoms with E-state index in [-0.39, 0.29) is 24.6 Å². The summed E-state index contributed by atoms with van der Waals surface area (Å²) >= 11 is 1.84. The second kappa shape index (κ2) is 7.39. The fourth-order valence-electron chi connectivity index (χ4n) is 3.67. The smallest absolute Gasteiger partial charge is 0.315 e. The number of hydrogen-bond acceptors (Lipinski definition) is 3. The summed E-state index contributed by atoms with van der Waals surface area (Å²) in [4.78, 5) is 11.9. The number of nitrogens with one attached hydrogen (secondary N) is 2. The van der Waals surface area contributed by atoms with Crippen LogP contribution < -0.4 is 10.6 Å². The van der Waals surface area contributed by atoms with Crippen molar-refractivity contribution in [3.05, 3.63) is 0 Å². The molecule has 0 aromatic rings. The molecule has 5 heteroatoms. The number of aliphatic hydroxyl groups excluding tert-OH is 1. The standard InChI is InChI=1S/C14H26N2O2S/c1-19-7-3-2-6-15-14(18)16-13-11-5-4-10(8-11)12(13)9-17/h10-13,17H,2-9H2,1H3,(H2,15,16,18). The molecule has 0 saturated heterocycles. The largest absolute Gasteiger partial charge is 0.396 e. The Balaban J connectivity index is 1.67. The number of carbonyl (C=O) groups excluding carboxylic acids is 1. The van der Waals surface area contributed by atoms with Crippen molar-refractivity contribution >= 4 is 17.8 Å². The molecule has 0 heterocycles. The van der Waals surface area contributed by atoms with Gasteiger partial charge >= 0.3 is 6.03 Å². The van der Waals surface area contributed by atoms with Crippen LogP contribution in [-0.2, 0) is 0 Å². The molecule has 2 saturated carbocycles. The monoisotopic (exact) mass is 286 g/mol. The maximum atomic E-state index is 11.9. The molecular formula is C14H26N2O2S. The second-order valence-electron chi connectivity index (χ2n) is 5.81. The number of thioether (sulfide) groups is 1. The molecule has 0 spiro atoms. The van der Waals surface area contributed by atoms with Gasteiger partial charge < -0.3 is 15.7 Å². The molecule has 4 nitrogen and oxygen atoms in total. The number of unbranched alkanes of at least 4 members (excludes halogenated alkanes) is 1. The van der Waals surface area contributed by atoms with E-state index >= 15 is 0 Å². The summed E-state index contributed by atoms with van der Waals surface area (Å²) in [5.74, 6) is 2.65. The predicted molar refractivity (Wildman–Crippen MR) is 79.3 cm³/mol. The average Bonchev–Trinajstić information content (AvgIpc) is 2.99. The van der Waals surface area contributed by atoms with Gasteiger partial charge in [0.05, 0.1) is 0 Å². The summed E-state index contributed by atoms with van der Waals surface area (Å²) in [6, 6.07) is 0.134. The lowest BCUT2D eigenvalue weighted by Gasteiger charge is -2.30. The number of aliphatic hydroxyl groups is 1. The van der Waals surface area contributed by atoms with Gasteiger partial charge in [0.1, 0.15) is 0 Å². The van der Waals surface area contributed by atoms with Crippen molar-refractivity contribution in [3.63, 3.8) is 0 Å². The number of hydrogen-bond donors (Lipinski definition) is 3. The normalized spacial score (nSPS) is 32.5. The van der Waals surface area contributed by atoms with E-state index in [1.54, 1.807) is 0 Å². The predicted octanol–water partition coefficient (Wildman–Crippen LogP) is 1.84. The van der Waals surface area contributed by atoms with Crippen molar-refractivity contribution < 1.29 is 9.90 Å². The van der Waals surface area contributed by atoms with Gasteiger partial charge in [-0.1, -0.05) is 0 Å². The highest BCUT2D eigenvalue weighted by atomic mass is 32.2. The number of rotatable bonds is 7. The molecule has 110 valence electrons. The number of carbonyl (C=O) groups is 1. The van der Waals surface area contributed by atoms with Crippen molar-refractivity contribution in [2.75, 3.05) is 25.2 Å². The molecule has 4 atom stereocenters. The first-order chi connectivity index (χ1) is 9.26. The summed E-state index contributed by atoms with van der Waals surface area (Å²) in [5, 5.41) is 15.5. The van der Waals surface area contributed by atoms with Crippen LogP contribution in [0.15, 0.2) is 0 Å². The van der Waals surface area contributed by atoms with E-state index in [0.29, 0.717) is 11.8 Å². The topological polar surface area (TPSA) is 61.4 Å². The molecule has 0 aliphatic heterocycles.